The maximum atomic E-state index is 13.4. The summed E-state index contributed by atoms with van der Waals surface area (Å²) < 4.78 is 32.8. The standard InChI is InChI=1S/C25H25N3O5S/c1-18-13-19(2)15-22(14-18)28(34(31,32)24-7-5-4-6-8-24)17-25(30)27-26-16-21-9-11-23(12-10-21)33-20(3)29/h4-16H,17H2,1-3H3,(H,27,30)/b26-16+. The fourth-order valence-electron chi connectivity index (χ4n) is 3.26. The minimum Gasteiger partial charge on any atom is -0.427 e. The Kier molecular flexibility index (Phi) is 7.80. The molecule has 0 aliphatic heterocycles. The molecule has 3 aromatic rings. The molecule has 0 unspecified atom stereocenters. The average molecular weight is 480 g/mol. The zero-order valence-corrected chi connectivity index (χ0v) is 19.9. The Morgan fingerprint density at radius 2 is 1.59 bits per heavy atom. The summed E-state index contributed by atoms with van der Waals surface area (Å²) in [5.41, 5.74) is 5.16. The maximum absolute atomic E-state index is 13.4. The van der Waals surface area contributed by atoms with Gasteiger partial charge in [-0.05, 0) is 79.1 Å². The smallest absolute Gasteiger partial charge is 0.308 e. The van der Waals surface area contributed by atoms with Gasteiger partial charge in [-0.15, -0.1) is 0 Å². The van der Waals surface area contributed by atoms with Crippen LogP contribution in [0.4, 0.5) is 5.69 Å². The number of nitrogens with zero attached hydrogens (tertiary/aromatic N) is 2. The third kappa shape index (κ3) is 6.52. The molecule has 0 saturated heterocycles. The Labute approximate surface area is 198 Å². The first-order valence-corrected chi connectivity index (χ1v) is 11.9. The number of hydrogen-bond donors (Lipinski definition) is 1. The van der Waals surface area contributed by atoms with E-state index in [2.05, 4.69) is 10.5 Å². The second-order valence-electron chi connectivity index (χ2n) is 7.63. The molecule has 8 nitrogen and oxygen atoms in total. The van der Waals surface area contributed by atoms with E-state index in [1.807, 2.05) is 19.9 Å². The highest BCUT2D eigenvalue weighted by Gasteiger charge is 2.27. The lowest BCUT2D eigenvalue weighted by atomic mass is 10.1. The molecule has 0 spiro atoms. The zero-order valence-electron chi connectivity index (χ0n) is 19.1. The third-order valence-corrected chi connectivity index (χ3v) is 6.45. The SMILES string of the molecule is CC(=O)Oc1ccc(/C=N/NC(=O)CN(c2cc(C)cc(C)c2)S(=O)(=O)c2ccccc2)cc1. The fraction of sp³-hybridized carbons (Fsp3) is 0.160. The van der Waals surface area contributed by atoms with Crippen LogP contribution in [-0.2, 0) is 19.6 Å². The van der Waals surface area contributed by atoms with Gasteiger partial charge in [0.1, 0.15) is 12.3 Å². The van der Waals surface area contributed by atoms with Crippen molar-refractivity contribution in [3.63, 3.8) is 0 Å². The van der Waals surface area contributed by atoms with E-state index in [0.29, 0.717) is 17.0 Å². The van der Waals surface area contributed by atoms with Crippen LogP contribution in [0.1, 0.15) is 23.6 Å². The molecular weight excluding hydrogens is 454 g/mol. The van der Waals surface area contributed by atoms with Crippen LogP contribution >= 0.6 is 0 Å². The number of nitrogens with one attached hydrogen (secondary N) is 1. The van der Waals surface area contributed by atoms with E-state index in [-0.39, 0.29) is 4.90 Å². The summed E-state index contributed by atoms with van der Waals surface area (Å²) in [5, 5.41) is 3.91. The number of anilines is 1. The number of hydrazone groups is 1. The van der Waals surface area contributed by atoms with Crippen LogP contribution in [0, 0.1) is 13.8 Å². The molecule has 0 radical (unpaired) electrons. The zero-order chi connectivity index (χ0) is 24.7. The van der Waals surface area contributed by atoms with Crippen molar-refractivity contribution < 1.29 is 22.7 Å². The van der Waals surface area contributed by atoms with Gasteiger partial charge in [0.05, 0.1) is 16.8 Å². The molecule has 34 heavy (non-hydrogen) atoms. The summed E-state index contributed by atoms with van der Waals surface area (Å²) in [4.78, 5) is 23.7. The van der Waals surface area contributed by atoms with E-state index in [9.17, 15) is 18.0 Å². The number of hydrogen-bond acceptors (Lipinski definition) is 6. The van der Waals surface area contributed by atoms with Gasteiger partial charge in [0.15, 0.2) is 0 Å². The van der Waals surface area contributed by atoms with Crippen molar-refractivity contribution in [2.45, 2.75) is 25.7 Å². The second kappa shape index (κ2) is 10.8. The molecule has 1 amide bonds. The average Bonchev–Trinajstić information content (AvgIpc) is 2.78. The first kappa shape index (κ1) is 24.7. The number of aryl methyl sites for hydroxylation is 2. The van der Waals surface area contributed by atoms with Gasteiger partial charge in [-0.3, -0.25) is 13.9 Å². The summed E-state index contributed by atoms with van der Waals surface area (Å²) in [6, 6.07) is 19.8. The lowest BCUT2D eigenvalue weighted by Gasteiger charge is -2.24. The molecule has 0 atom stereocenters. The number of rotatable bonds is 8. The molecule has 0 heterocycles. The van der Waals surface area contributed by atoms with Crippen LogP contribution in [0.3, 0.4) is 0 Å². The molecular formula is C25H25N3O5S. The number of carbonyl (C=O) groups is 2. The van der Waals surface area contributed by atoms with E-state index in [1.165, 1.54) is 25.3 Å². The number of carbonyl (C=O) groups excluding carboxylic acids is 2. The van der Waals surface area contributed by atoms with Gasteiger partial charge in [-0.1, -0.05) is 24.3 Å². The molecule has 3 rings (SSSR count). The summed E-state index contributed by atoms with van der Waals surface area (Å²) in [6.07, 6.45) is 1.41. The Morgan fingerprint density at radius 3 is 2.18 bits per heavy atom. The third-order valence-electron chi connectivity index (χ3n) is 4.66. The maximum Gasteiger partial charge on any atom is 0.308 e. The predicted octanol–water partition coefficient (Wildman–Crippen LogP) is 3.57. The molecule has 1 N–H and O–H groups in total. The van der Waals surface area contributed by atoms with Crippen molar-refractivity contribution in [3.05, 3.63) is 89.5 Å². The molecule has 176 valence electrons. The van der Waals surface area contributed by atoms with E-state index in [1.54, 1.807) is 54.6 Å². The first-order chi connectivity index (χ1) is 16.1. The lowest BCUT2D eigenvalue weighted by Crippen LogP contribution is -2.39. The highest BCUT2D eigenvalue weighted by Crippen LogP contribution is 2.25. The largest absolute Gasteiger partial charge is 0.427 e. The molecule has 0 fully saturated rings. The minimum atomic E-state index is -4.00. The Morgan fingerprint density at radius 1 is 0.971 bits per heavy atom. The quantitative estimate of drug-likeness (QED) is 0.230. The summed E-state index contributed by atoms with van der Waals surface area (Å²) in [7, 11) is -4.00. The van der Waals surface area contributed by atoms with Crippen LogP contribution in [0.25, 0.3) is 0 Å². The topological polar surface area (TPSA) is 105 Å². The van der Waals surface area contributed by atoms with Crippen molar-refractivity contribution in [1.82, 2.24) is 5.43 Å². The highest BCUT2D eigenvalue weighted by atomic mass is 32.2. The monoisotopic (exact) mass is 479 g/mol. The van der Waals surface area contributed by atoms with Crippen LogP contribution in [-0.4, -0.2) is 33.1 Å². The van der Waals surface area contributed by atoms with Gasteiger partial charge in [-0.25, -0.2) is 13.8 Å². The molecule has 0 saturated carbocycles. The van der Waals surface area contributed by atoms with Crippen molar-refractivity contribution >= 4 is 33.8 Å². The van der Waals surface area contributed by atoms with Crippen molar-refractivity contribution in [3.8, 4) is 5.75 Å². The van der Waals surface area contributed by atoms with E-state index < -0.39 is 28.4 Å². The van der Waals surface area contributed by atoms with E-state index >= 15 is 0 Å². The van der Waals surface area contributed by atoms with Crippen molar-refractivity contribution in [1.29, 1.82) is 0 Å². The normalized spacial score (nSPS) is 11.3. The Bertz CT molecular complexity index is 1280. The van der Waals surface area contributed by atoms with Crippen LogP contribution in [0.5, 0.6) is 5.75 Å². The van der Waals surface area contributed by atoms with E-state index in [4.69, 9.17) is 4.74 Å². The molecule has 0 aromatic heterocycles. The minimum absolute atomic E-state index is 0.0818. The summed E-state index contributed by atoms with van der Waals surface area (Å²) >= 11 is 0. The number of sulfonamides is 1. The molecule has 3 aromatic carbocycles. The van der Waals surface area contributed by atoms with Crippen molar-refractivity contribution in [2.75, 3.05) is 10.8 Å². The number of amides is 1. The summed E-state index contributed by atoms with van der Waals surface area (Å²) in [6.45, 7) is 4.58. The van der Waals surface area contributed by atoms with Crippen LogP contribution in [0.15, 0.2) is 82.8 Å². The molecule has 0 aliphatic carbocycles. The van der Waals surface area contributed by atoms with Gasteiger partial charge in [0.25, 0.3) is 15.9 Å². The number of benzene rings is 3. The first-order valence-electron chi connectivity index (χ1n) is 10.4. The van der Waals surface area contributed by atoms with Gasteiger partial charge in [0, 0.05) is 6.92 Å². The van der Waals surface area contributed by atoms with Gasteiger partial charge < -0.3 is 4.74 Å². The second-order valence-corrected chi connectivity index (χ2v) is 9.49. The van der Waals surface area contributed by atoms with Gasteiger partial charge in [-0.2, -0.15) is 5.10 Å². The highest BCUT2D eigenvalue weighted by molar-refractivity contribution is 7.92. The Balaban J connectivity index is 1.79. The predicted molar refractivity (Wildman–Crippen MR) is 130 cm³/mol. The molecule has 9 heteroatoms. The van der Waals surface area contributed by atoms with Crippen molar-refractivity contribution in [2.24, 2.45) is 5.10 Å². The number of ether oxygens (including phenoxy) is 1. The molecule has 0 bridgehead atoms. The summed E-state index contributed by atoms with van der Waals surface area (Å²) in [5.74, 6) is -0.636. The van der Waals surface area contributed by atoms with Crippen LogP contribution in [0.2, 0.25) is 0 Å². The van der Waals surface area contributed by atoms with E-state index in [0.717, 1.165) is 15.4 Å². The molecule has 0 aliphatic rings. The lowest BCUT2D eigenvalue weighted by molar-refractivity contribution is -0.131. The number of esters is 1. The van der Waals surface area contributed by atoms with Crippen LogP contribution < -0.4 is 14.5 Å². The fourth-order valence-corrected chi connectivity index (χ4v) is 4.69. The van der Waals surface area contributed by atoms with Gasteiger partial charge >= 0.3 is 5.97 Å². The van der Waals surface area contributed by atoms with Gasteiger partial charge in [0.2, 0.25) is 0 Å². The Hall–Kier alpha value is -3.98.